The first kappa shape index (κ1) is 11.6. The molecule has 1 N–H and O–H groups in total. The topological polar surface area (TPSA) is 12.0 Å². The average Bonchev–Trinajstić information content (AvgIpc) is 2.19. The van der Waals surface area contributed by atoms with E-state index in [1.807, 2.05) is 13.1 Å². The van der Waals surface area contributed by atoms with E-state index in [2.05, 4.69) is 50.7 Å². The smallest absolute Gasteiger partial charge is 0.0402 e. The van der Waals surface area contributed by atoms with Crippen LogP contribution in [0.5, 0.6) is 0 Å². The Labute approximate surface area is 99.8 Å². The van der Waals surface area contributed by atoms with Crippen LogP contribution >= 0.6 is 22.6 Å². The molecule has 1 aliphatic carbocycles. The predicted octanol–water partition coefficient (Wildman–Crippen LogP) is 3.70. The number of hydrogen-bond donors (Lipinski definition) is 1. The van der Waals surface area contributed by atoms with Crippen LogP contribution in [0.15, 0.2) is 45.7 Å². The van der Waals surface area contributed by atoms with E-state index in [1.54, 1.807) is 0 Å². The van der Waals surface area contributed by atoms with Crippen LogP contribution in [0.2, 0.25) is 0 Å². The molecule has 0 amide bonds. The Morgan fingerprint density at radius 1 is 1.43 bits per heavy atom. The summed E-state index contributed by atoms with van der Waals surface area (Å²) in [6.07, 6.45) is 9.71. The zero-order valence-corrected chi connectivity index (χ0v) is 10.7. The quantitative estimate of drug-likeness (QED) is 0.784. The summed E-state index contributed by atoms with van der Waals surface area (Å²) in [5.74, 6) is 0. The molecule has 0 aromatic rings. The normalized spacial score (nSPS) is 20.6. The summed E-state index contributed by atoms with van der Waals surface area (Å²) < 4.78 is 2.07. The van der Waals surface area contributed by atoms with Crippen molar-refractivity contribution in [3.63, 3.8) is 0 Å². The minimum absolute atomic E-state index is 1.15. The number of likely N-dealkylation sites (N-methyl/N-ethyl adjacent to an activating group) is 1. The lowest BCUT2D eigenvalue weighted by Crippen LogP contribution is -2.14. The highest BCUT2D eigenvalue weighted by atomic mass is 127. The highest BCUT2D eigenvalue weighted by Gasteiger charge is 2.13. The van der Waals surface area contributed by atoms with Crippen LogP contribution in [0.3, 0.4) is 0 Å². The van der Waals surface area contributed by atoms with Crippen LogP contribution in [0.4, 0.5) is 0 Å². The summed E-state index contributed by atoms with van der Waals surface area (Å²) >= 11 is 2.26. The van der Waals surface area contributed by atoms with Crippen molar-refractivity contribution in [3.05, 3.63) is 45.7 Å². The second kappa shape index (κ2) is 6.06. The van der Waals surface area contributed by atoms with Crippen LogP contribution in [0, 0.1) is 0 Å². The minimum atomic E-state index is 1.15. The summed E-state index contributed by atoms with van der Waals surface area (Å²) in [6, 6.07) is 0. The molecule has 0 saturated carbocycles. The molecule has 76 valence electrons. The van der Waals surface area contributed by atoms with E-state index in [4.69, 9.17) is 0 Å². The average molecular weight is 301 g/mol. The Hall–Kier alpha value is -0.510. The minimum Gasteiger partial charge on any atom is -0.388 e. The lowest BCUT2D eigenvalue weighted by Gasteiger charge is -2.21. The van der Waals surface area contributed by atoms with E-state index in [0.717, 1.165) is 6.42 Å². The van der Waals surface area contributed by atoms with Crippen molar-refractivity contribution in [1.82, 2.24) is 5.32 Å². The Kier molecular flexibility index (Phi) is 5.01. The summed E-state index contributed by atoms with van der Waals surface area (Å²) in [5, 5.41) is 3.28. The van der Waals surface area contributed by atoms with Crippen LogP contribution in [-0.2, 0) is 0 Å². The fourth-order valence-corrected chi connectivity index (χ4v) is 2.23. The van der Waals surface area contributed by atoms with E-state index >= 15 is 0 Å². The van der Waals surface area contributed by atoms with Crippen molar-refractivity contribution in [1.29, 1.82) is 0 Å². The van der Waals surface area contributed by atoms with Gasteiger partial charge in [-0.05, 0) is 34.5 Å². The molecule has 0 bridgehead atoms. The van der Waals surface area contributed by atoms with Crippen molar-refractivity contribution < 1.29 is 0 Å². The molecule has 14 heavy (non-hydrogen) atoms. The molecule has 2 heteroatoms. The van der Waals surface area contributed by atoms with Gasteiger partial charge in [-0.25, -0.2) is 0 Å². The standard InChI is InChI=1S/C12H16IN/c1-3-5-10-6-4-7-11(8-9-13)12(10)14-2/h3,5,8-9,14H,1,4,6-7H2,2H3/b9-8+,10-5+. The molecule has 1 aliphatic rings. The third-order valence-corrected chi connectivity index (χ3v) is 2.73. The summed E-state index contributed by atoms with van der Waals surface area (Å²) in [4.78, 5) is 0. The molecular formula is C12H16IN. The largest absolute Gasteiger partial charge is 0.388 e. The molecule has 0 saturated heterocycles. The molecule has 0 radical (unpaired) electrons. The van der Waals surface area contributed by atoms with Crippen molar-refractivity contribution >= 4 is 22.6 Å². The van der Waals surface area contributed by atoms with Gasteiger partial charge in [-0.2, -0.15) is 0 Å². The SMILES string of the molecule is C=C/C=C1\CCCC(/C=C/I)=C1NC. The van der Waals surface area contributed by atoms with Gasteiger partial charge in [0.25, 0.3) is 0 Å². The number of rotatable bonds is 3. The highest BCUT2D eigenvalue weighted by Crippen LogP contribution is 2.28. The Bertz CT molecular complexity index is 297. The predicted molar refractivity (Wildman–Crippen MR) is 71.4 cm³/mol. The maximum atomic E-state index is 3.75. The molecule has 0 unspecified atom stereocenters. The third-order valence-electron chi connectivity index (χ3n) is 2.37. The van der Waals surface area contributed by atoms with E-state index < -0.39 is 0 Å². The number of nitrogens with one attached hydrogen (secondary N) is 1. The summed E-state index contributed by atoms with van der Waals surface area (Å²) in [5.41, 5.74) is 4.06. The molecule has 0 aromatic carbocycles. The molecule has 0 aliphatic heterocycles. The highest BCUT2D eigenvalue weighted by molar-refractivity contribution is 14.1. The zero-order valence-electron chi connectivity index (χ0n) is 8.52. The van der Waals surface area contributed by atoms with Gasteiger partial charge >= 0.3 is 0 Å². The van der Waals surface area contributed by atoms with Crippen LogP contribution in [0.25, 0.3) is 0 Å². The van der Waals surface area contributed by atoms with Gasteiger partial charge in [0.05, 0.1) is 0 Å². The van der Waals surface area contributed by atoms with E-state index in [0.29, 0.717) is 0 Å². The van der Waals surface area contributed by atoms with Crippen LogP contribution in [-0.4, -0.2) is 7.05 Å². The van der Waals surface area contributed by atoms with Crippen LogP contribution in [0.1, 0.15) is 19.3 Å². The van der Waals surface area contributed by atoms with Crippen molar-refractivity contribution in [2.75, 3.05) is 7.05 Å². The summed E-state index contributed by atoms with van der Waals surface area (Å²) in [7, 11) is 1.98. The van der Waals surface area contributed by atoms with Gasteiger partial charge in [0.15, 0.2) is 0 Å². The van der Waals surface area contributed by atoms with E-state index in [-0.39, 0.29) is 0 Å². The van der Waals surface area contributed by atoms with Gasteiger partial charge in [-0.3, -0.25) is 0 Å². The first-order valence-electron chi connectivity index (χ1n) is 4.83. The number of hydrogen-bond acceptors (Lipinski definition) is 1. The van der Waals surface area contributed by atoms with Crippen molar-refractivity contribution in [3.8, 4) is 0 Å². The lowest BCUT2D eigenvalue weighted by atomic mass is 9.91. The molecule has 0 aromatic heterocycles. The molecular weight excluding hydrogens is 285 g/mol. The number of halogens is 1. The monoisotopic (exact) mass is 301 g/mol. The fourth-order valence-electron chi connectivity index (χ4n) is 1.80. The Balaban J connectivity index is 3.06. The molecule has 0 atom stereocenters. The summed E-state index contributed by atoms with van der Waals surface area (Å²) in [6.45, 7) is 3.75. The molecule has 1 nitrogen and oxygen atoms in total. The molecule has 0 fully saturated rings. The van der Waals surface area contributed by atoms with Gasteiger partial charge in [-0.15, -0.1) is 0 Å². The Morgan fingerprint density at radius 3 is 2.79 bits per heavy atom. The van der Waals surface area contributed by atoms with Gasteiger partial charge in [-0.1, -0.05) is 47.4 Å². The van der Waals surface area contributed by atoms with Gasteiger partial charge in [0, 0.05) is 12.7 Å². The van der Waals surface area contributed by atoms with E-state index in [9.17, 15) is 0 Å². The second-order valence-electron chi connectivity index (χ2n) is 3.22. The molecule has 0 heterocycles. The second-order valence-corrected chi connectivity index (χ2v) is 3.94. The fraction of sp³-hybridized carbons (Fsp3) is 0.333. The maximum Gasteiger partial charge on any atom is 0.0402 e. The van der Waals surface area contributed by atoms with E-state index in [1.165, 1.54) is 29.7 Å². The molecule has 0 spiro atoms. The third kappa shape index (κ3) is 2.74. The van der Waals surface area contributed by atoms with Gasteiger partial charge < -0.3 is 5.32 Å². The first-order chi connectivity index (χ1) is 6.83. The number of allylic oxidation sites excluding steroid dienone is 5. The van der Waals surface area contributed by atoms with Gasteiger partial charge in [0.2, 0.25) is 0 Å². The van der Waals surface area contributed by atoms with Crippen molar-refractivity contribution in [2.45, 2.75) is 19.3 Å². The maximum absolute atomic E-state index is 3.75. The lowest BCUT2D eigenvalue weighted by molar-refractivity contribution is 0.745. The van der Waals surface area contributed by atoms with Crippen molar-refractivity contribution in [2.24, 2.45) is 0 Å². The van der Waals surface area contributed by atoms with Crippen LogP contribution < -0.4 is 5.32 Å². The molecule has 1 rings (SSSR count). The Morgan fingerprint density at radius 2 is 2.21 bits per heavy atom. The first-order valence-corrected chi connectivity index (χ1v) is 6.07. The zero-order chi connectivity index (χ0) is 10.4. The van der Waals surface area contributed by atoms with Gasteiger partial charge in [0.1, 0.15) is 0 Å².